The number of halogens is 3. The van der Waals surface area contributed by atoms with Gasteiger partial charge in [-0.05, 0) is 36.6 Å². The van der Waals surface area contributed by atoms with Crippen molar-refractivity contribution in [3.05, 3.63) is 29.3 Å². The summed E-state index contributed by atoms with van der Waals surface area (Å²) in [5, 5.41) is 5.20. The first-order chi connectivity index (χ1) is 8.90. The molecule has 0 radical (unpaired) electrons. The second-order valence-electron chi connectivity index (χ2n) is 4.45. The first kappa shape index (κ1) is 13.7. The third-order valence-electron chi connectivity index (χ3n) is 2.81. The number of alkyl halides is 3. The van der Waals surface area contributed by atoms with E-state index in [1.165, 1.54) is 6.07 Å². The van der Waals surface area contributed by atoms with Gasteiger partial charge in [0.05, 0.1) is 5.56 Å². The highest BCUT2D eigenvalue weighted by atomic mass is 19.4. The van der Waals surface area contributed by atoms with Crippen LogP contribution in [0.5, 0.6) is 0 Å². The summed E-state index contributed by atoms with van der Waals surface area (Å²) in [6.07, 6.45) is -2.55. The molecule has 0 spiro atoms. The molecule has 19 heavy (non-hydrogen) atoms. The first-order valence-electron chi connectivity index (χ1n) is 5.88. The topological polar surface area (TPSA) is 67.1 Å². The molecule has 1 aromatic rings. The highest BCUT2D eigenvalue weighted by molar-refractivity contribution is 5.90. The van der Waals surface area contributed by atoms with Gasteiger partial charge in [-0.15, -0.1) is 0 Å². The molecule has 1 fully saturated rings. The summed E-state index contributed by atoms with van der Waals surface area (Å²) in [7, 11) is 0. The number of amides is 2. The quantitative estimate of drug-likeness (QED) is 0.792. The number of carbonyl (C=O) groups is 1. The van der Waals surface area contributed by atoms with Crippen LogP contribution in [-0.4, -0.2) is 12.1 Å². The Balaban J connectivity index is 2.13. The predicted octanol–water partition coefficient (Wildman–Crippen LogP) is 2.45. The molecule has 0 unspecified atom stereocenters. The third-order valence-corrected chi connectivity index (χ3v) is 2.81. The molecule has 1 saturated carbocycles. The molecule has 0 atom stereocenters. The second-order valence-corrected chi connectivity index (χ2v) is 4.45. The van der Waals surface area contributed by atoms with Crippen molar-refractivity contribution in [2.75, 3.05) is 5.32 Å². The van der Waals surface area contributed by atoms with Crippen LogP contribution in [0.15, 0.2) is 18.2 Å². The lowest BCUT2D eigenvalue weighted by atomic mass is 10.1. The summed E-state index contributed by atoms with van der Waals surface area (Å²) in [6.45, 7) is -0.0804. The Kier molecular flexibility index (Phi) is 3.66. The summed E-state index contributed by atoms with van der Waals surface area (Å²) in [5.41, 5.74) is 5.19. The van der Waals surface area contributed by atoms with Gasteiger partial charge in [0.2, 0.25) is 0 Å². The average molecular weight is 273 g/mol. The number of hydrogen-bond acceptors (Lipinski definition) is 2. The lowest BCUT2D eigenvalue weighted by Crippen LogP contribution is -2.31. The number of anilines is 1. The minimum absolute atomic E-state index is 0.0804. The maximum atomic E-state index is 12.5. The maximum Gasteiger partial charge on any atom is 0.416 e. The van der Waals surface area contributed by atoms with Crippen molar-refractivity contribution < 1.29 is 18.0 Å². The van der Waals surface area contributed by atoms with E-state index in [-0.39, 0.29) is 18.2 Å². The van der Waals surface area contributed by atoms with E-state index < -0.39 is 17.8 Å². The molecule has 1 aromatic carbocycles. The summed E-state index contributed by atoms with van der Waals surface area (Å²) in [5.74, 6) is 0. The van der Waals surface area contributed by atoms with Gasteiger partial charge in [-0.3, -0.25) is 0 Å². The van der Waals surface area contributed by atoms with Crippen molar-refractivity contribution in [2.24, 2.45) is 5.73 Å². The zero-order valence-electron chi connectivity index (χ0n) is 10.1. The van der Waals surface area contributed by atoms with Crippen molar-refractivity contribution in [1.82, 2.24) is 5.32 Å². The van der Waals surface area contributed by atoms with E-state index >= 15 is 0 Å². The average Bonchev–Trinajstić information content (AvgIpc) is 3.11. The molecule has 0 saturated heterocycles. The fraction of sp³-hybridized carbons (Fsp3) is 0.417. The molecule has 4 nitrogen and oxygen atoms in total. The Bertz CT molecular complexity index is 484. The highest BCUT2D eigenvalue weighted by Gasteiger charge is 2.31. The predicted molar refractivity (Wildman–Crippen MR) is 64.5 cm³/mol. The zero-order valence-corrected chi connectivity index (χ0v) is 10.1. The molecule has 1 aliphatic carbocycles. The van der Waals surface area contributed by atoms with E-state index in [0.717, 1.165) is 25.0 Å². The Labute approximate surface area is 108 Å². The van der Waals surface area contributed by atoms with E-state index in [1.807, 2.05) is 0 Å². The van der Waals surface area contributed by atoms with Crippen molar-refractivity contribution in [3.8, 4) is 0 Å². The van der Waals surface area contributed by atoms with Gasteiger partial charge in [-0.2, -0.15) is 13.2 Å². The molecule has 7 heteroatoms. The number of nitrogens with two attached hydrogens (primary N) is 1. The summed E-state index contributed by atoms with van der Waals surface area (Å²) < 4.78 is 37.6. The van der Waals surface area contributed by atoms with Crippen molar-refractivity contribution >= 4 is 11.7 Å². The van der Waals surface area contributed by atoms with E-state index in [4.69, 9.17) is 5.73 Å². The van der Waals surface area contributed by atoms with E-state index in [2.05, 4.69) is 10.6 Å². The standard InChI is InChI=1S/C12H14F3N3O/c13-12(14,15)8-1-4-10(7(5-8)6-16)18-11(19)17-9-2-3-9/h1,4-5,9H,2-3,6,16H2,(H2,17,18,19). The summed E-state index contributed by atoms with van der Waals surface area (Å²) in [4.78, 5) is 11.5. The van der Waals surface area contributed by atoms with E-state index in [1.54, 1.807) is 0 Å². The van der Waals surface area contributed by atoms with Crippen LogP contribution in [-0.2, 0) is 12.7 Å². The van der Waals surface area contributed by atoms with Gasteiger partial charge in [0, 0.05) is 18.3 Å². The molecule has 0 aromatic heterocycles. The van der Waals surface area contributed by atoms with Crippen LogP contribution in [0.3, 0.4) is 0 Å². The zero-order chi connectivity index (χ0) is 14.0. The second kappa shape index (κ2) is 5.08. The molecule has 2 rings (SSSR count). The van der Waals surface area contributed by atoms with Crippen LogP contribution in [0.4, 0.5) is 23.7 Å². The fourth-order valence-electron chi connectivity index (χ4n) is 1.63. The minimum atomic E-state index is -4.42. The van der Waals surface area contributed by atoms with Gasteiger partial charge in [0.1, 0.15) is 0 Å². The van der Waals surface area contributed by atoms with Gasteiger partial charge in [-0.1, -0.05) is 0 Å². The Morgan fingerprint density at radius 2 is 2.05 bits per heavy atom. The van der Waals surface area contributed by atoms with Gasteiger partial charge in [-0.25, -0.2) is 4.79 Å². The number of carbonyl (C=O) groups excluding carboxylic acids is 1. The molecule has 1 aliphatic rings. The van der Waals surface area contributed by atoms with Gasteiger partial charge in [0.15, 0.2) is 0 Å². The van der Waals surface area contributed by atoms with E-state index in [0.29, 0.717) is 5.69 Å². The lowest BCUT2D eigenvalue weighted by molar-refractivity contribution is -0.137. The van der Waals surface area contributed by atoms with Gasteiger partial charge < -0.3 is 16.4 Å². The monoisotopic (exact) mass is 273 g/mol. The number of benzene rings is 1. The Hall–Kier alpha value is -1.76. The van der Waals surface area contributed by atoms with Crippen molar-refractivity contribution in [2.45, 2.75) is 31.6 Å². The first-order valence-corrected chi connectivity index (χ1v) is 5.88. The van der Waals surface area contributed by atoms with Crippen LogP contribution < -0.4 is 16.4 Å². The molecule has 4 N–H and O–H groups in total. The molecule has 2 amide bonds. The molecular formula is C12H14F3N3O. The van der Waals surface area contributed by atoms with Crippen LogP contribution in [0, 0.1) is 0 Å². The Morgan fingerprint density at radius 1 is 1.37 bits per heavy atom. The Morgan fingerprint density at radius 3 is 2.58 bits per heavy atom. The molecule has 104 valence electrons. The normalized spacial score (nSPS) is 15.2. The summed E-state index contributed by atoms with van der Waals surface area (Å²) in [6, 6.07) is 2.85. The SMILES string of the molecule is NCc1cc(C(F)(F)F)ccc1NC(=O)NC1CC1. The number of hydrogen-bond donors (Lipinski definition) is 3. The smallest absolute Gasteiger partial charge is 0.335 e. The van der Waals surface area contributed by atoms with Crippen LogP contribution >= 0.6 is 0 Å². The third kappa shape index (κ3) is 3.60. The minimum Gasteiger partial charge on any atom is -0.335 e. The fourth-order valence-corrected chi connectivity index (χ4v) is 1.63. The molecule has 0 bridgehead atoms. The van der Waals surface area contributed by atoms with Crippen LogP contribution in [0.1, 0.15) is 24.0 Å². The van der Waals surface area contributed by atoms with Crippen LogP contribution in [0.2, 0.25) is 0 Å². The van der Waals surface area contributed by atoms with Crippen molar-refractivity contribution in [3.63, 3.8) is 0 Å². The molecule has 0 aliphatic heterocycles. The van der Waals surface area contributed by atoms with Crippen LogP contribution in [0.25, 0.3) is 0 Å². The summed E-state index contributed by atoms with van der Waals surface area (Å²) >= 11 is 0. The number of nitrogens with one attached hydrogen (secondary N) is 2. The van der Waals surface area contributed by atoms with E-state index in [9.17, 15) is 18.0 Å². The lowest BCUT2D eigenvalue weighted by Gasteiger charge is -2.13. The maximum absolute atomic E-state index is 12.5. The molecule has 0 heterocycles. The largest absolute Gasteiger partial charge is 0.416 e. The highest BCUT2D eigenvalue weighted by Crippen LogP contribution is 2.31. The van der Waals surface area contributed by atoms with Gasteiger partial charge in [0.25, 0.3) is 0 Å². The number of urea groups is 1. The number of rotatable bonds is 3. The molecular weight excluding hydrogens is 259 g/mol. The van der Waals surface area contributed by atoms with Gasteiger partial charge >= 0.3 is 12.2 Å². The van der Waals surface area contributed by atoms with Crippen molar-refractivity contribution in [1.29, 1.82) is 0 Å².